The third-order valence-corrected chi connectivity index (χ3v) is 2.59. The minimum Gasteiger partial charge on any atom is -0.399 e. The molecule has 4 nitrogen and oxygen atoms in total. The first kappa shape index (κ1) is 9.30. The highest BCUT2D eigenvalue weighted by Crippen LogP contribution is 2.20. The molecule has 0 spiro atoms. The lowest BCUT2D eigenvalue weighted by molar-refractivity contribution is 0.180. The first-order valence-corrected chi connectivity index (χ1v) is 4.71. The van der Waals surface area contributed by atoms with Gasteiger partial charge in [-0.3, -0.25) is 0 Å². The molecule has 1 heterocycles. The van der Waals surface area contributed by atoms with E-state index >= 15 is 0 Å². The number of nitrogens with zero attached hydrogens (tertiary/aromatic N) is 1. The van der Waals surface area contributed by atoms with Gasteiger partial charge in [0.2, 0.25) is 0 Å². The summed E-state index contributed by atoms with van der Waals surface area (Å²) in [4.78, 5) is 2.06. The van der Waals surface area contributed by atoms with Crippen molar-refractivity contribution in [3.8, 4) is 0 Å². The molecule has 1 fully saturated rings. The number of aliphatic hydroxyl groups excluding tert-OH is 1. The summed E-state index contributed by atoms with van der Waals surface area (Å²) in [5.74, 6) is 0. The van der Waals surface area contributed by atoms with E-state index in [0.717, 1.165) is 11.4 Å². The number of hydrogen-bond donors (Lipinski definition) is 3. The third-order valence-electron chi connectivity index (χ3n) is 2.59. The summed E-state index contributed by atoms with van der Waals surface area (Å²) >= 11 is 0. The van der Waals surface area contributed by atoms with Gasteiger partial charge in [0.1, 0.15) is 0 Å². The smallest absolute Gasteiger partial charge is 0.0882 e. The predicted molar refractivity (Wildman–Crippen MR) is 57.0 cm³/mol. The molecule has 1 aliphatic rings. The monoisotopic (exact) mass is 193 g/mol. The average molecular weight is 193 g/mol. The molecule has 2 rings (SSSR count). The summed E-state index contributed by atoms with van der Waals surface area (Å²) in [6.45, 7) is 1.30. The number of hydrogen-bond acceptors (Lipinski definition) is 4. The van der Waals surface area contributed by atoms with Gasteiger partial charge in [0.25, 0.3) is 0 Å². The van der Waals surface area contributed by atoms with Crippen LogP contribution in [0.2, 0.25) is 0 Å². The van der Waals surface area contributed by atoms with Crippen LogP contribution in [-0.2, 0) is 0 Å². The van der Waals surface area contributed by atoms with Gasteiger partial charge in [-0.25, -0.2) is 0 Å². The molecule has 0 radical (unpaired) electrons. The average Bonchev–Trinajstić information content (AvgIpc) is 2.48. The molecule has 76 valence electrons. The fraction of sp³-hybridized carbons (Fsp3) is 0.400. The van der Waals surface area contributed by atoms with Crippen molar-refractivity contribution in [3.63, 3.8) is 0 Å². The maximum absolute atomic E-state index is 9.49. The molecule has 1 saturated heterocycles. The Hall–Kier alpha value is -1.26. The van der Waals surface area contributed by atoms with Crippen molar-refractivity contribution in [2.75, 3.05) is 23.7 Å². The van der Waals surface area contributed by atoms with Gasteiger partial charge in [-0.15, -0.1) is 0 Å². The normalized spacial score (nSPS) is 26.9. The van der Waals surface area contributed by atoms with Crippen molar-refractivity contribution in [2.24, 2.45) is 5.73 Å². The summed E-state index contributed by atoms with van der Waals surface area (Å²) in [6.07, 6.45) is -0.424. The second-order valence-electron chi connectivity index (χ2n) is 3.73. The molecule has 0 aromatic heterocycles. The molecule has 1 aromatic carbocycles. The molecular formula is C10H15N3O. The van der Waals surface area contributed by atoms with Crippen molar-refractivity contribution in [1.82, 2.24) is 0 Å². The zero-order valence-electron chi connectivity index (χ0n) is 7.93. The highest BCUT2D eigenvalue weighted by molar-refractivity contribution is 5.54. The molecule has 14 heavy (non-hydrogen) atoms. The van der Waals surface area contributed by atoms with Crippen LogP contribution in [0.4, 0.5) is 11.4 Å². The Kier molecular flexibility index (Phi) is 2.31. The van der Waals surface area contributed by atoms with Crippen molar-refractivity contribution in [2.45, 2.75) is 12.1 Å². The minimum absolute atomic E-state index is 0.146. The Morgan fingerprint density at radius 1 is 1.21 bits per heavy atom. The fourth-order valence-corrected chi connectivity index (χ4v) is 1.71. The van der Waals surface area contributed by atoms with Crippen LogP contribution in [0.1, 0.15) is 0 Å². The van der Waals surface area contributed by atoms with Gasteiger partial charge in [0.05, 0.1) is 6.10 Å². The topological polar surface area (TPSA) is 75.5 Å². The molecular weight excluding hydrogens is 178 g/mol. The van der Waals surface area contributed by atoms with Gasteiger partial charge in [-0.1, -0.05) is 0 Å². The molecule has 4 heteroatoms. The lowest BCUT2D eigenvalue weighted by Gasteiger charge is -2.17. The van der Waals surface area contributed by atoms with Gasteiger partial charge in [0, 0.05) is 30.5 Å². The van der Waals surface area contributed by atoms with Crippen LogP contribution in [0.15, 0.2) is 24.3 Å². The zero-order chi connectivity index (χ0) is 10.1. The van der Waals surface area contributed by atoms with Crippen LogP contribution in [0, 0.1) is 0 Å². The van der Waals surface area contributed by atoms with Crippen LogP contribution in [0.3, 0.4) is 0 Å². The van der Waals surface area contributed by atoms with E-state index in [-0.39, 0.29) is 6.04 Å². The quantitative estimate of drug-likeness (QED) is 0.539. The van der Waals surface area contributed by atoms with E-state index in [1.807, 2.05) is 24.3 Å². The Morgan fingerprint density at radius 2 is 1.86 bits per heavy atom. The first-order chi connectivity index (χ1) is 6.66. The van der Waals surface area contributed by atoms with Crippen LogP contribution in [0.5, 0.6) is 0 Å². The highest BCUT2D eigenvalue weighted by Gasteiger charge is 2.28. The molecule has 1 aromatic rings. The lowest BCUT2D eigenvalue weighted by Crippen LogP contribution is -2.32. The molecule has 0 amide bonds. The van der Waals surface area contributed by atoms with Gasteiger partial charge in [-0.05, 0) is 24.3 Å². The van der Waals surface area contributed by atoms with E-state index in [1.165, 1.54) is 0 Å². The summed E-state index contributed by atoms with van der Waals surface area (Å²) in [6, 6.07) is 7.45. The number of nitrogens with two attached hydrogens (primary N) is 2. The number of anilines is 2. The van der Waals surface area contributed by atoms with Crippen molar-refractivity contribution in [1.29, 1.82) is 0 Å². The van der Waals surface area contributed by atoms with Gasteiger partial charge >= 0.3 is 0 Å². The Bertz CT molecular complexity index is 302. The van der Waals surface area contributed by atoms with E-state index in [1.54, 1.807) is 0 Å². The first-order valence-electron chi connectivity index (χ1n) is 4.71. The number of benzene rings is 1. The molecule has 5 N–H and O–H groups in total. The summed E-state index contributed by atoms with van der Waals surface area (Å²) in [5.41, 5.74) is 13.1. The second kappa shape index (κ2) is 3.48. The summed E-state index contributed by atoms with van der Waals surface area (Å²) in [7, 11) is 0. The molecule has 0 aliphatic carbocycles. The van der Waals surface area contributed by atoms with Crippen LogP contribution in [-0.4, -0.2) is 30.3 Å². The van der Waals surface area contributed by atoms with Crippen molar-refractivity contribution < 1.29 is 5.11 Å². The Balaban J connectivity index is 2.13. The Morgan fingerprint density at radius 3 is 2.36 bits per heavy atom. The van der Waals surface area contributed by atoms with Crippen molar-refractivity contribution in [3.05, 3.63) is 24.3 Å². The van der Waals surface area contributed by atoms with Gasteiger partial charge in [0.15, 0.2) is 0 Å². The number of aliphatic hydroxyl groups is 1. The van der Waals surface area contributed by atoms with E-state index in [9.17, 15) is 5.11 Å². The minimum atomic E-state index is -0.424. The number of nitrogen functional groups attached to an aromatic ring is 1. The maximum Gasteiger partial charge on any atom is 0.0882 e. The molecule has 0 bridgehead atoms. The molecule has 0 saturated carbocycles. The maximum atomic E-state index is 9.49. The Labute approximate surface area is 83.1 Å². The third kappa shape index (κ3) is 1.66. The lowest BCUT2D eigenvalue weighted by atomic mass is 10.2. The highest BCUT2D eigenvalue weighted by atomic mass is 16.3. The van der Waals surface area contributed by atoms with E-state index < -0.39 is 6.10 Å². The van der Waals surface area contributed by atoms with Gasteiger partial charge < -0.3 is 21.5 Å². The standard InChI is InChI=1S/C10H15N3O/c11-7-1-3-8(4-2-7)13-5-9(12)10(14)6-13/h1-4,9-10,14H,5-6,11-12H2. The van der Waals surface area contributed by atoms with Crippen molar-refractivity contribution >= 4 is 11.4 Å². The molecule has 2 unspecified atom stereocenters. The second-order valence-corrected chi connectivity index (χ2v) is 3.73. The fourth-order valence-electron chi connectivity index (χ4n) is 1.71. The summed E-state index contributed by atoms with van der Waals surface area (Å²) < 4.78 is 0. The van der Waals surface area contributed by atoms with Gasteiger partial charge in [-0.2, -0.15) is 0 Å². The zero-order valence-corrected chi connectivity index (χ0v) is 7.93. The number of β-amino-alcohol motifs (C(OH)–C–C–N with tert-alkyl or cyclic N) is 1. The van der Waals surface area contributed by atoms with Crippen LogP contribution in [0.25, 0.3) is 0 Å². The van der Waals surface area contributed by atoms with Crippen LogP contribution < -0.4 is 16.4 Å². The van der Waals surface area contributed by atoms with Crippen LogP contribution >= 0.6 is 0 Å². The molecule has 2 atom stereocenters. The predicted octanol–water partition coefficient (Wildman–Crippen LogP) is -0.223. The van der Waals surface area contributed by atoms with E-state index in [4.69, 9.17) is 11.5 Å². The molecule has 1 aliphatic heterocycles. The van der Waals surface area contributed by atoms with E-state index in [2.05, 4.69) is 4.90 Å². The number of rotatable bonds is 1. The SMILES string of the molecule is Nc1ccc(N2CC(N)C(O)C2)cc1. The van der Waals surface area contributed by atoms with E-state index in [0.29, 0.717) is 13.1 Å². The largest absolute Gasteiger partial charge is 0.399 e. The summed E-state index contributed by atoms with van der Waals surface area (Å²) in [5, 5.41) is 9.49.